The van der Waals surface area contributed by atoms with Gasteiger partial charge < -0.3 is 14.2 Å². The summed E-state index contributed by atoms with van der Waals surface area (Å²) >= 11 is 0. The van der Waals surface area contributed by atoms with Crippen LogP contribution in [0.2, 0.25) is 0 Å². The molecule has 0 N–H and O–H groups in total. The van der Waals surface area contributed by atoms with E-state index in [9.17, 15) is 0 Å². The minimum Gasteiger partial charge on any atom is -0.380 e. The molecular weight excluding hydrogens is 192 g/mol. The van der Waals surface area contributed by atoms with Crippen LogP contribution in [0.3, 0.4) is 0 Å². The molecule has 15 heavy (non-hydrogen) atoms. The van der Waals surface area contributed by atoms with Crippen molar-refractivity contribution in [2.75, 3.05) is 39.6 Å². The molecular formula is C12H24O3. The van der Waals surface area contributed by atoms with Crippen molar-refractivity contribution in [3.05, 3.63) is 0 Å². The van der Waals surface area contributed by atoms with E-state index in [1.54, 1.807) is 0 Å². The zero-order valence-electron chi connectivity index (χ0n) is 10.1. The van der Waals surface area contributed by atoms with Crippen LogP contribution in [0.1, 0.15) is 33.1 Å². The Hall–Kier alpha value is -0.120. The number of ether oxygens (including phenoxy) is 3. The van der Waals surface area contributed by atoms with E-state index in [0.717, 1.165) is 45.9 Å². The Morgan fingerprint density at radius 1 is 1.07 bits per heavy atom. The standard InChI is InChI=1S/C12H24O3/c1-3-5-6-13-7-8-14-9-12(4-2)10-15-11-12/h3-11H2,1-2H3. The first-order chi connectivity index (χ1) is 7.33. The fraction of sp³-hybridized carbons (Fsp3) is 1.00. The predicted octanol–water partition coefficient (Wildman–Crippen LogP) is 2.25. The van der Waals surface area contributed by atoms with Crippen molar-refractivity contribution in [3.8, 4) is 0 Å². The van der Waals surface area contributed by atoms with Gasteiger partial charge in [0.25, 0.3) is 0 Å². The summed E-state index contributed by atoms with van der Waals surface area (Å²) in [5.74, 6) is 0. The summed E-state index contributed by atoms with van der Waals surface area (Å²) < 4.78 is 16.3. The third kappa shape index (κ3) is 4.49. The third-order valence-electron chi connectivity index (χ3n) is 2.99. The predicted molar refractivity (Wildman–Crippen MR) is 60.1 cm³/mol. The average Bonchev–Trinajstić information content (AvgIpc) is 2.20. The van der Waals surface area contributed by atoms with Gasteiger partial charge in [-0.05, 0) is 12.8 Å². The monoisotopic (exact) mass is 216 g/mol. The van der Waals surface area contributed by atoms with Crippen molar-refractivity contribution < 1.29 is 14.2 Å². The molecule has 0 radical (unpaired) electrons. The van der Waals surface area contributed by atoms with E-state index in [-0.39, 0.29) is 0 Å². The van der Waals surface area contributed by atoms with Crippen molar-refractivity contribution in [3.63, 3.8) is 0 Å². The molecule has 0 aromatic heterocycles. The molecule has 0 atom stereocenters. The summed E-state index contributed by atoms with van der Waals surface area (Å²) in [4.78, 5) is 0. The fourth-order valence-electron chi connectivity index (χ4n) is 1.54. The van der Waals surface area contributed by atoms with Gasteiger partial charge in [0.05, 0.1) is 33.0 Å². The molecule has 0 saturated carbocycles. The lowest BCUT2D eigenvalue weighted by molar-refractivity contribution is -0.152. The number of hydrogen-bond donors (Lipinski definition) is 0. The summed E-state index contributed by atoms with van der Waals surface area (Å²) in [6, 6.07) is 0. The second-order valence-corrected chi connectivity index (χ2v) is 4.36. The van der Waals surface area contributed by atoms with E-state index >= 15 is 0 Å². The molecule has 0 aromatic rings. The summed E-state index contributed by atoms with van der Waals surface area (Å²) in [6.45, 7) is 9.21. The Balaban J connectivity index is 1.88. The quantitative estimate of drug-likeness (QED) is 0.553. The molecule has 0 amide bonds. The van der Waals surface area contributed by atoms with Crippen LogP contribution in [-0.4, -0.2) is 39.6 Å². The zero-order chi connectivity index (χ0) is 11.0. The number of unbranched alkanes of at least 4 members (excludes halogenated alkanes) is 1. The highest BCUT2D eigenvalue weighted by molar-refractivity contribution is 4.83. The van der Waals surface area contributed by atoms with Crippen LogP contribution < -0.4 is 0 Å². The molecule has 0 spiro atoms. The Kier molecular flexibility index (Phi) is 6.22. The zero-order valence-corrected chi connectivity index (χ0v) is 10.1. The van der Waals surface area contributed by atoms with Gasteiger partial charge in [-0.2, -0.15) is 0 Å². The third-order valence-corrected chi connectivity index (χ3v) is 2.99. The second kappa shape index (κ2) is 7.20. The van der Waals surface area contributed by atoms with E-state index in [2.05, 4.69) is 13.8 Å². The van der Waals surface area contributed by atoms with Crippen LogP contribution in [0, 0.1) is 5.41 Å². The molecule has 1 saturated heterocycles. The molecule has 0 aromatic carbocycles. The van der Waals surface area contributed by atoms with Crippen molar-refractivity contribution in [1.29, 1.82) is 0 Å². The van der Waals surface area contributed by atoms with E-state index in [1.165, 1.54) is 6.42 Å². The largest absolute Gasteiger partial charge is 0.380 e. The molecule has 1 aliphatic rings. The van der Waals surface area contributed by atoms with Gasteiger partial charge in [0.15, 0.2) is 0 Å². The Bertz CT molecular complexity index is 149. The maximum absolute atomic E-state index is 5.61. The lowest BCUT2D eigenvalue weighted by Gasteiger charge is -2.40. The summed E-state index contributed by atoms with van der Waals surface area (Å²) in [6.07, 6.45) is 3.48. The molecule has 1 rings (SSSR count). The maximum atomic E-state index is 5.61. The van der Waals surface area contributed by atoms with Crippen molar-refractivity contribution >= 4 is 0 Å². The van der Waals surface area contributed by atoms with Gasteiger partial charge in [-0.25, -0.2) is 0 Å². The van der Waals surface area contributed by atoms with Crippen LogP contribution in [0.15, 0.2) is 0 Å². The number of rotatable bonds is 9. The summed E-state index contributed by atoms with van der Waals surface area (Å²) in [7, 11) is 0. The van der Waals surface area contributed by atoms with E-state index in [4.69, 9.17) is 14.2 Å². The van der Waals surface area contributed by atoms with Crippen LogP contribution in [0.25, 0.3) is 0 Å². The molecule has 3 heteroatoms. The molecule has 90 valence electrons. The minimum atomic E-state index is 0.309. The highest BCUT2D eigenvalue weighted by Gasteiger charge is 2.36. The van der Waals surface area contributed by atoms with Crippen LogP contribution in [-0.2, 0) is 14.2 Å². The Labute approximate surface area is 93.1 Å². The van der Waals surface area contributed by atoms with Gasteiger partial charge in [-0.15, -0.1) is 0 Å². The Morgan fingerprint density at radius 3 is 2.33 bits per heavy atom. The number of hydrogen-bond acceptors (Lipinski definition) is 3. The minimum absolute atomic E-state index is 0.309. The fourth-order valence-corrected chi connectivity index (χ4v) is 1.54. The topological polar surface area (TPSA) is 27.7 Å². The lowest BCUT2D eigenvalue weighted by atomic mass is 9.84. The first-order valence-electron chi connectivity index (χ1n) is 6.06. The molecule has 1 heterocycles. The van der Waals surface area contributed by atoms with Crippen molar-refractivity contribution in [2.45, 2.75) is 33.1 Å². The molecule has 3 nitrogen and oxygen atoms in total. The molecule has 0 bridgehead atoms. The van der Waals surface area contributed by atoms with E-state index in [1.807, 2.05) is 0 Å². The smallest absolute Gasteiger partial charge is 0.0700 e. The molecule has 1 fully saturated rings. The van der Waals surface area contributed by atoms with Gasteiger partial charge in [0, 0.05) is 12.0 Å². The highest BCUT2D eigenvalue weighted by Crippen LogP contribution is 2.31. The lowest BCUT2D eigenvalue weighted by Crippen LogP contribution is -2.45. The van der Waals surface area contributed by atoms with E-state index < -0.39 is 0 Å². The first kappa shape index (κ1) is 12.9. The van der Waals surface area contributed by atoms with Gasteiger partial charge >= 0.3 is 0 Å². The van der Waals surface area contributed by atoms with Gasteiger partial charge in [0.1, 0.15) is 0 Å². The van der Waals surface area contributed by atoms with Crippen molar-refractivity contribution in [2.24, 2.45) is 5.41 Å². The van der Waals surface area contributed by atoms with Crippen LogP contribution in [0.4, 0.5) is 0 Å². The summed E-state index contributed by atoms with van der Waals surface area (Å²) in [5.41, 5.74) is 0.309. The van der Waals surface area contributed by atoms with E-state index in [0.29, 0.717) is 12.0 Å². The van der Waals surface area contributed by atoms with Crippen molar-refractivity contribution in [1.82, 2.24) is 0 Å². The van der Waals surface area contributed by atoms with Gasteiger partial charge in [-0.1, -0.05) is 20.3 Å². The first-order valence-corrected chi connectivity index (χ1v) is 6.06. The normalized spacial score (nSPS) is 18.8. The van der Waals surface area contributed by atoms with Gasteiger partial charge in [0.2, 0.25) is 0 Å². The van der Waals surface area contributed by atoms with Crippen LogP contribution >= 0.6 is 0 Å². The average molecular weight is 216 g/mol. The summed E-state index contributed by atoms with van der Waals surface area (Å²) in [5, 5.41) is 0. The molecule has 0 unspecified atom stereocenters. The molecule has 0 aliphatic carbocycles. The maximum Gasteiger partial charge on any atom is 0.0700 e. The van der Waals surface area contributed by atoms with Gasteiger partial charge in [-0.3, -0.25) is 0 Å². The second-order valence-electron chi connectivity index (χ2n) is 4.36. The van der Waals surface area contributed by atoms with Crippen LogP contribution in [0.5, 0.6) is 0 Å². The SMILES string of the molecule is CCCCOCCOCC1(CC)COC1. The highest BCUT2D eigenvalue weighted by atomic mass is 16.5. The molecule has 1 aliphatic heterocycles. The Morgan fingerprint density at radius 2 is 1.80 bits per heavy atom.